The predicted molar refractivity (Wildman–Crippen MR) is 101 cm³/mol. The van der Waals surface area contributed by atoms with Crippen LogP contribution in [0, 0.1) is 0 Å². The molecule has 1 fully saturated rings. The van der Waals surface area contributed by atoms with E-state index in [4.69, 9.17) is 4.42 Å². The van der Waals surface area contributed by atoms with Gasteiger partial charge < -0.3 is 9.32 Å². The zero-order chi connectivity index (χ0) is 17.3. The Morgan fingerprint density at radius 1 is 1.00 bits per heavy atom. The Kier molecular flexibility index (Phi) is 3.86. The number of rotatable bonds is 3. The third kappa shape index (κ3) is 2.84. The molecule has 130 valence electrons. The highest BCUT2D eigenvalue weighted by molar-refractivity contribution is 7.18. The average molecular weight is 363 g/mol. The third-order valence-electron chi connectivity index (χ3n) is 4.72. The summed E-state index contributed by atoms with van der Waals surface area (Å²) in [6, 6.07) is 13.8. The number of fused-ring (bicyclic) bond motifs is 1. The quantitative estimate of drug-likeness (QED) is 0.545. The molecule has 1 saturated heterocycles. The van der Waals surface area contributed by atoms with E-state index in [1.54, 1.807) is 17.5 Å². The number of oxazole rings is 1. The van der Waals surface area contributed by atoms with E-state index in [1.807, 2.05) is 42.5 Å². The number of piperidine rings is 1. The molecule has 1 aliphatic heterocycles. The minimum Gasteiger partial charge on any atom is -0.440 e. The van der Waals surface area contributed by atoms with E-state index in [2.05, 4.69) is 25.1 Å². The largest absolute Gasteiger partial charge is 0.440 e. The highest BCUT2D eigenvalue weighted by Crippen LogP contribution is 2.34. The molecule has 0 amide bonds. The highest BCUT2D eigenvalue weighted by Gasteiger charge is 2.26. The minimum atomic E-state index is 0.363. The molecule has 0 spiro atoms. The topological polar surface area (TPSA) is 67.9 Å². The number of aromatic nitrogens is 4. The fourth-order valence-corrected chi connectivity index (χ4v) is 4.19. The molecule has 5 rings (SSSR count). The smallest absolute Gasteiger partial charge is 0.208 e. The van der Waals surface area contributed by atoms with Crippen molar-refractivity contribution in [3.05, 3.63) is 54.6 Å². The van der Waals surface area contributed by atoms with Crippen LogP contribution in [0.2, 0.25) is 0 Å². The number of hydrogen-bond donors (Lipinski definition) is 0. The SMILES string of the molecule is c1ccc(-c2nnc(N3CCC(c4nc5ccccc5o4)CC3)s2)nc1. The molecule has 0 N–H and O–H groups in total. The van der Waals surface area contributed by atoms with Gasteiger partial charge in [-0.05, 0) is 37.1 Å². The van der Waals surface area contributed by atoms with Crippen molar-refractivity contribution in [1.82, 2.24) is 20.2 Å². The van der Waals surface area contributed by atoms with Gasteiger partial charge >= 0.3 is 0 Å². The van der Waals surface area contributed by atoms with Gasteiger partial charge in [0.25, 0.3) is 0 Å². The summed E-state index contributed by atoms with van der Waals surface area (Å²) >= 11 is 1.60. The van der Waals surface area contributed by atoms with E-state index in [0.29, 0.717) is 5.92 Å². The molecular weight excluding hydrogens is 346 g/mol. The van der Waals surface area contributed by atoms with Gasteiger partial charge in [-0.2, -0.15) is 0 Å². The standard InChI is InChI=1S/C19H17N5OS/c1-2-7-16-14(5-1)21-17(25-16)13-8-11-24(12-9-13)19-23-22-18(26-19)15-6-3-4-10-20-15/h1-7,10,13H,8-9,11-12H2. The van der Waals surface area contributed by atoms with Crippen molar-refractivity contribution in [2.45, 2.75) is 18.8 Å². The first-order chi connectivity index (χ1) is 12.9. The monoisotopic (exact) mass is 363 g/mol. The lowest BCUT2D eigenvalue weighted by atomic mass is 9.97. The number of benzene rings is 1. The number of para-hydroxylation sites is 2. The molecule has 0 bridgehead atoms. The van der Waals surface area contributed by atoms with Gasteiger partial charge in [0, 0.05) is 25.2 Å². The predicted octanol–water partition coefficient (Wildman–Crippen LogP) is 4.13. The maximum atomic E-state index is 5.95. The van der Waals surface area contributed by atoms with Crippen LogP contribution in [0.25, 0.3) is 21.8 Å². The molecule has 0 atom stereocenters. The number of pyridine rings is 1. The Hall–Kier alpha value is -2.80. The van der Waals surface area contributed by atoms with Crippen LogP contribution in [0.4, 0.5) is 5.13 Å². The van der Waals surface area contributed by atoms with E-state index >= 15 is 0 Å². The summed E-state index contributed by atoms with van der Waals surface area (Å²) in [6.07, 6.45) is 3.79. The van der Waals surface area contributed by atoms with Crippen LogP contribution in [-0.4, -0.2) is 33.3 Å². The molecule has 1 aliphatic rings. The fraction of sp³-hybridized carbons (Fsp3) is 0.263. The number of nitrogens with zero attached hydrogens (tertiary/aromatic N) is 5. The van der Waals surface area contributed by atoms with Gasteiger partial charge in [0.15, 0.2) is 16.5 Å². The molecule has 6 nitrogen and oxygen atoms in total. The van der Waals surface area contributed by atoms with Gasteiger partial charge in [-0.1, -0.05) is 29.5 Å². The molecular formula is C19H17N5OS. The van der Waals surface area contributed by atoms with E-state index in [1.165, 1.54) is 0 Å². The first kappa shape index (κ1) is 15.5. The highest BCUT2D eigenvalue weighted by atomic mass is 32.1. The lowest BCUT2D eigenvalue weighted by molar-refractivity contribution is 0.407. The van der Waals surface area contributed by atoms with Crippen LogP contribution in [0.3, 0.4) is 0 Å². The Labute approximate surface area is 154 Å². The second-order valence-electron chi connectivity index (χ2n) is 6.39. The second-order valence-corrected chi connectivity index (χ2v) is 7.34. The first-order valence-corrected chi connectivity index (χ1v) is 9.54. The number of hydrogen-bond acceptors (Lipinski definition) is 7. The van der Waals surface area contributed by atoms with Crippen molar-refractivity contribution in [3.63, 3.8) is 0 Å². The van der Waals surface area contributed by atoms with Crippen molar-refractivity contribution in [2.75, 3.05) is 18.0 Å². The molecule has 0 saturated carbocycles. The molecule has 0 radical (unpaired) electrons. The Morgan fingerprint density at radius 2 is 1.85 bits per heavy atom. The second kappa shape index (κ2) is 6.49. The van der Waals surface area contributed by atoms with Crippen LogP contribution in [0.5, 0.6) is 0 Å². The van der Waals surface area contributed by atoms with E-state index < -0.39 is 0 Å². The summed E-state index contributed by atoms with van der Waals surface area (Å²) in [4.78, 5) is 11.3. The maximum Gasteiger partial charge on any atom is 0.208 e. The normalized spacial score (nSPS) is 15.6. The number of anilines is 1. The van der Waals surface area contributed by atoms with Gasteiger partial charge in [-0.25, -0.2) is 4.98 Å². The van der Waals surface area contributed by atoms with Crippen molar-refractivity contribution in [3.8, 4) is 10.7 Å². The van der Waals surface area contributed by atoms with Crippen LogP contribution < -0.4 is 4.90 Å². The van der Waals surface area contributed by atoms with Gasteiger partial charge in [-0.3, -0.25) is 4.98 Å². The van der Waals surface area contributed by atoms with Crippen LogP contribution >= 0.6 is 11.3 Å². The summed E-state index contributed by atoms with van der Waals surface area (Å²) in [7, 11) is 0. The Morgan fingerprint density at radius 3 is 2.65 bits per heavy atom. The lowest BCUT2D eigenvalue weighted by Gasteiger charge is -2.29. The molecule has 4 aromatic rings. The molecule has 7 heteroatoms. The zero-order valence-electron chi connectivity index (χ0n) is 14.1. The zero-order valence-corrected chi connectivity index (χ0v) is 14.9. The lowest BCUT2D eigenvalue weighted by Crippen LogP contribution is -2.32. The molecule has 26 heavy (non-hydrogen) atoms. The van der Waals surface area contributed by atoms with Crippen LogP contribution in [0.1, 0.15) is 24.7 Å². The van der Waals surface area contributed by atoms with E-state index in [-0.39, 0.29) is 0 Å². The molecule has 0 aliphatic carbocycles. The summed E-state index contributed by atoms with van der Waals surface area (Å²) < 4.78 is 5.95. The van der Waals surface area contributed by atoms with Gasteiger partial charge in [0.1, 0.15) is 11.2 Å². The summed E-state index contributed by atoms with van der Waals surface area (Å²) in [5, 5.41) is 10.5. The van der Waals surface area contributed by atoms with Crippen LogP contribution in [-0.2, 0) is 0 Å². The van der Waals surface area contributed by atoms with Crippen LogP contribution in [0.15, 0.2) is 53.1 Å². The molecule has 3 aromatic heterocycles. The van der Waals surface area contributed by atoms with Gasteiger partial charge in [0.2, 0.25) is 5.13 Å². The Bertz CT molecular complexity index is 988. The van der Waals surface area contributed by atoms with E-state index in [9.17, 15) is 0 Å². The first-order valence-electron chi connectivity index (χ1n) is 8.72. The van der Waals surface area contributed by atoms with Gasteiger partial charge in [-0.15, -0.1) is 10.2 Å². The van der Waals surface area contributed by atoms with Crippen molar-refractivity contribution in [1.29, 1.82) is 0 Å². The van der Waals surface area contributed by atoms with Crippen molar-refractivity contribution < 1.29 is 4.42 Å². The maximum absolute atomic E-state index is 5.95. The van der Waals surface area contributed by atoms with Crippen molar-refractivity contribution >= 4 is 27.6 Å². The molecule has 1 aromatic carbocycles. The minimum absolute atomic E-state index is 0.363. The van der Waals surface area contributed by atoms with E-state index in [0.717, 1.165) is 58.8 Å². The average Bonchev–Trinajstić information content (AvgIpc) is 3.36. The van der Waals surface area contributed by atoms with Crippen molar-refractivity contribution in [2.24, 2.45) is 0 Å². The summed E-state index contributed by atoms with van der Waals surface area (Å²) in [5.41, 5.74) is 2.68. The Balaban J connectivity index is 1.29. The molecule has 4 heterocycles. The fourth-order valence-electron chi connectivity index (χ4n) is 3.32. The summed E-state index contributed by atoms with van der Waals surface area (Å²) in [5.74, 6) is 1.22. The molecule has 0 unspecified atom stereocenters. The van der Waals surface area contributed by atoms with Gasteiger partial charge in [0.05, 0.1) is 0 Å². The summed E-state index contributed by atoms with van der Waals surface area (Å²) in [6.45, 7) is 1.86. The third-order valence-corrected chi connectivity index (χ3v) is 5.73.